The van der Waals surface area contributed by atoms with Crippen molar-refractivity contribution in [3.8, 4) is 0 Å². The molecule has 0 spiro atoms. The maximum absolute atomic E-state index is 12.0. The molecule has 1 rings (SSSR count). The highest BCUT2D eigenvalue weighted by molar-refractivity contribution is 5.78. The number of rotatable bonds is 7. The molecule has 1 aromatic carbocycles. The summed E-state index contributed by atoms with van der Waals surface area (Å²) in [5.74, 6) is 0.282. The molecule has 3 heteroatoms. The first kappa shape index (κ1) is 14.6. The van der Waals surface area contributed by atoms with Gasteiger partial charge in [0.15, 0.2) is 0 Å². The van der Waals surface area contributed by atoms with Crippen LogP contribution in [0.25, 0.3) is 0 Å². The van der Waals surface area contributed by atoms with Gasteiger partial charge in [0.1, 0.15) is 0 Å². The Morgan fingerprint density at radius 3 is 2.67 bits per heavy atom. The fourth-order valence-electron chi connectivity index (χ4n) is 1.99. The number of benzene rings is 1. The zero-order chi connectivity index (χ0) is 13.4. The van der Waals surface area contributed by atoms with Gasteiger partial charge in [0.2, 0.25) is 5.91 Å². The van der Waals surface area contributed by atoms with Crippen molar-refractivity contribution in [3.63, 3.8) is 0 Å². The number of para-hydroxylation sites is 1. The maximum atomic E-state index is 12.0. The molecule has 0 saturated carbocycles. The van der Waals surface area contributed by atoms with E-state index in [1.165, 1.54) is 0 Å². The molecular formula is C15H24N2O. The second-order valence-electron chi connectivity index (χ2n) is 4.66. The number of nitrogens with one attached hydrogen (secondary N) is 1. The van der Waals surface area contributed by atoms with Crippen molar-refractivity contribution in [2.45, 2.75) is 46.1 Å². The first-order valence-electron chi connectivity index (χ1n) is 6.80. The van der Waals surface area contributed by atoms with E-state index in [-0.39, 0.29) is 11.8 Å². The lowest BCUT2D eigenvalue weighted by Crippen LogP contribution is -2.30. The van der Waals surface area contributed by atoms with E-state index < -0.39 is 0 Å². The van der Waals surface area contributed by atoms with Crippen molar-refractivity contribution in [1.82, 2.24) is 5.32 Å². The summed E-state index contributed by atoms with van der Waals surface area (Å²) in [6, 6.07) is 7.64. The van der Waals surface area contributed by atoms with Gasteiger partial charge in [0, 0.05) is 18.2 Å². The van der Waals surface area contributed by atoms with Gasteiger partial charge in [-0.25, -0.2) is 0 Å². The smallest absolute Gasteiger partial charge is 0.223 e. The number of nitrogens with two attached hydrogens (primary N) is 1. The summed E-state index contributed by atoms with van der Waals surface area (Å²) in [6.07, 6.45) is 4.12. The molecular weight excluding hydrogens is 224 g/mol. The number of hydrogen-bond acceptors (Lipinski definition) is 2. The van der Waals surface area contributed by atoms with Crippen LogP contribution >= 0.6 is 0 Å². The van der Waals surface area contributed by atoms with Crippen LogP contribution in [-0.2, 0) is 11.3 Å². The van der Waals surface area contributed by atoms with Crippen molar-refractivity contribution in [3.05, 3.63) is 29.8 Å². The Hall–Kier alpha value is -1.51. The molecule has 0 radical (unpaired) electrons. The lowest BCUT2D eigenvalue weighted by Gasteiger charge is -2.15. The predicted octanol–water partition coefficient (Wildman–Crippen LogP) is 3.10. The van der Waals surface area contributed by atoms with Gasteiger partial charge in [-0.3, -0.25) is 4.79 Å². The first-order valence-corrected chi connectivity index (χ1v) is 6.80. The number of hydrogen-bond donors (Lipinski definition) is 2. The largest absolute Gasteiger partial charge is 0.398 e. The molecule has 0 fully saturated rings. The van der Waals surface area contributed by atoms with Gasteiger partial charge in [-0.1, -0.05) is 44.9 Å². The highest BCUT2D eigenvalue weighted by Crippen LogP contribution is 2.14. The van der Waals surface area contributed by atoms with Crippen LogP contribution < -0.4 is 11.1 Å². The number of nitrogen functional groups attached to an aromatic ring is 1. The molecule has 0 bridgehead atoms. The van der Waals surface area contributed by atoms with Crippen molar-refractivity contribution in [2.24, 2.45) is 5.92 Å². The van der Waals surface area contributed by atoms with Crippen LogP contribution in [0.5, 0.6) is 0 Å². The summed E-state index contributed by atoms with van der Waals surface area (Å²) in [4.78, 5) is 12.0. The molecule has 1 aromatic rings. The molecule has 0 aliphatic carbocycles. The van der Waals surface area contributed by atoms with Gasteiger partial charge in [-0.15, -0.1) is 0 Å². The van der Waals surface area contributed by atoms with Crippen LogP contribution in [0.4, 0.5) is 5.69 Å². The quantitative estimate of drug-likeness (QED) is 0.728. The fourth-order valence-corrected chi connectivity index (χ4v) is 1.99. The average Bonchev–Trinajstić information content (AvgIpc) is 2.38. The molecule has 1 amide bonds. The maximum Gasteiger partial charge on any atom is 0.223 e. The van der Waals surface area contributed by atoms with Gasteiger partial charge in [0.05, 0.1) is 0 Å². The Kier molecular flexibility index (Phi) is 6.26. The van der Waals surface area contributed by atoms with E-state index >= 15 is 0 Å². The third kappa shape index (κ3) is 4.40. The van der Waals surface area contributed by atoms with E-state index in [1.807, 2.05) is 24.3 Å². The van der Waals surface area contributed by atoms with E-state index in [1.54, 1.807) is 0 Å². The van der Waals surface area contributed by atoms with Crippen molar-refractivity contribution in [1.29, 1.82) is 0 Å². The van der Waals surface area contributed by atoms with Crippen molar-refractivity contribution in [2.75, 3.05) is 5.73 Å². The fraction of sp³-hybridized carbons (Fsp3) is 0.533. The van der Waals surface area contributed by atoms with Gasteiger partial charge >= 0.3 is 0 Å². The lowest BCUT2D eigenvalue weighted by molar-refractivity contribution is -0.125. The molecule has 0 aliphatic heterocycles. The molecule has 0 aromatic heterocycles. The molecule has 18 heavy (non-hydrogen) atoms. The van der Waals surface area contributed by atoms with Gasteiger partial charge in [-0.05, 0) is 24.5 Å². The summed E-state index contributed by atoms with van der Waals surface area (Å²) >= 11 is 0. The molecule has 1 unspecified atom stereocenters. The topological polar surface area (TPSA) is 55.1 Å². The van der Waals surface area contributed by atoms with E-state index in [2.05, 4.69) is 19.2 Å². The minimum absolute atomic E-state index is 0.134. The average molecular weight is 248 g/mol. The third-order valence-corrected chi connectivity index (χ3v) is 3.28. The van der Waals surface area contributed by atoms with E-state index in [0.29, 0.717) is 6.54 Å². The zero-order valence-electron chi connectivity index (χ0n) is 11.4. The molecule has 0 heterocycles. The number of carbonyl (C=O) groups is 1. The lowest BCUT2D eigenvalue weighted by atomic mass is 9.98. The van der Waals surface area contributed by atoms with Crippen LogP contribution in [0.1, 0.15) is 45.1 Å². The van der Waals surface area contributed by atoms with Gasteiger partial charge < -0.3 is 11.1 Å². The highest BCUT2D eigenvalue weighted by Gasteiger charge is 2.15. The van der Waals surface area contributed by atoms with Gasteiger partial charge in [-0.2, -0.15) is 0 Å². The second-order valence-corrected chi connectivity index (χ2v) is 4.66. The van der Waals surface area contributed by atoms with E-state index in [0.717, 1.165) is 36.9 Å². The summed E-state index contributed by atoms with van der Waals surface area (Å²) in [5, 5.41) is 2.98. The zero-order valence-corrected chi connectivity index (χ0v) is 11.4. The minimum atomic E-state index is 0.134. The third-order valence-electron chi connectivity index (χ3n) is 3.28. The molecule has 3 N–H and O–H groups in total. The Bertz CT molecular complexity index is 377. The van der Waals surface area contributed by atoms with Crippen LogP contribution in [0.15, 0.2) is 24.3 Å². The number of amides is 1. The molecule has 0 aliphatic rings. The monoisotopic (exact) mass is 248 g/mol. The Balaban J connectivity index is 2.47. The Labute approximate surface area is 110 Å². The van der Waals surface area contributed by atoms with Crippen molar-refractivity contribution < 1.29 is 4.79 Å². The summed E-state index contributed by atoms with van der Waals surface area (Å²) in [7, 11) is 0. The molecule has 100 valence electrons. The molecule has 0 saturated heterocycles. The van der Waals surface area contributed by atoms with E-state index in [4.69, 9.17) is 5.73 Å². The predicted molar refractivity (Wildman–Crippen MR) is 76.0 cm³/mol. The van der Waals surface area contributed by atoms with Gasteiger partial charge in [0.25, 0.3) is 0 Å². The summed E-state index contributed by atoms with van der Waals surface area (Å²) in [5.41, 5.74) is 7.56. The highest BCUT2D eigenvalue weighted by atomic mass is 16.1. The van der Waals surface area contributed by atoms with E-state index in [9.17, 15) is 4.79 Å². The Morgan fingerprint density at radius 1 is 1.33 bits per heavy atom. The summed E-state index contributed by atoms with van der Waals surface area (Å²) in [6.45, 7) is 4.74. The van der Waals surface area contributed by atoms with Crippen molar-refractivity contribution >= 4 is 11.6 Å². The number of unbranched alkanes of at least 4 members (excludes halogenated alkanes) is 1. The second kappa shape index (κ2) is 7.75. The minimum Gasteiger partial charge on any atom is -0.398 e. The summed E-state index contributed by atoms with van der Waals surface area (Å²) < 4.78 is 0. The standard InChI is InChI=1S/C15H24N2O/c1-3-5-8-12(4-2)15(18)17-11-13-9-6-7-10-14(13)16/h6-7,9-10,12H,3-5,8,11,16H2,1-2H3,(H,17,18). The Morgan fingerprint density at radius 2 is 2.06 bits per heavy atom. The van der Waals surface area contributed by atoms with Crippen LogP contribution in [0.3, 0.4) is 0 Å². The molecule has 3 nitrogen and oxygen atoms in total. The SMILES string of the molecule is CCCCC(CC)C(=O)NCc1ccccc1N. The van der Waals surface area contributed by atoms with Crippen LogP contribution in [0, 0.1) is 5.92 Å². The van der Waals surface area contributed by atoms with Crippen LogP contribution in [0.2, 0.25) is 0 Å². The number of anilines is 1. The number of carbonyl (C=O) groups excluding carboxylic acids is 1. The first-order chi connectivity index (χ1) is 8.69. The normalized spacial score (nSPS) is 12.1. The van der Waals surface area contributed by atoms with Crippen LogP contribution in [-0.4, -0.2) is 5.91 Å². The molecule has 1 atom stereocenters.